The number of rotatable bonds is 9. The highest BCUT2D eigenvalue weighted by Crippen LogP contribution is 2.36. The summed E-state index contributed by atoms with van der Waals surface area (Å²) in [4.78, 5) is 53.3. The Morgan fingerprint density at radius 1 is 1.03 bits per heavy atom. The molecular formula is C27H34N4O5. The Balaban J connectivity index is 1.96. The van der Waals surface area contributed by atoms with Crippen molar-refractivity contribution in [3.8, 4) is 0 Å². The van der Waals surface area contributed by atoms with E-state index in [1.807, 2.05) is 31.2 Å². The molecule has 0 heterocycles. The van der Waals surface area contributed by atoms with Crippen LogP contribution in [0.4, 0.5) is 10.5 Å². The van der Waals surface area contributed by atoms with E-state index in [-0.39, 0.29) is 6.04 Å². The van der Waals surface area contributed by atoms with Gasteiger partial charge in [-0.25, -0.2) is 4.79 Å². The fourth-order valence-corrected chi connectivity index (χ4v) is 3.89. The minimum Gasteiger partial charge on any atom is -0.444 e. The molecule has 0 aliphatic heterocycles. The van der Waals surface area contributed by atoms with E-state index < -0.39 is 47.9 Å². The number of nitrogens with one attached hydrogen (secondary N) is 2. The van der Waals surface area contributed by atoms with Crippen molar-refractivity contribution >= 4 is 29.5 Å². The summed E-state index contributed by atoms with van der Waals surface area (Å²) in [5.41, 5.74) is 6.72. The van der Waals surface area contributed by atoms with Gasteiger partial charge >= 0.3 is 6.09 Å². The fraction of sp³-hybridized carbons (Fsp3) is 0.407. The molecule has 1 saturated carbocycles. The zero-order chi connectivity index (χ0) is 26.5. The van der Waals surface area contributed by atoms with E-state index in [1.54, 1.807) is 51.1 Å². The molecule has 9 nitrogen and oxygen atoms in total. The summed E-state index contributed by atoms with van der Waals surface area (Å²) in [6, 6.07) is 13.8. The smallest absolute Gasteiger partial charge is 0.408 e. The minimum absolute atomic E-state index is 0.221. The van der Waals surface area contributed by atoms with Crippen molar-refractivity contribution in [1.29, 1.82) is 0 Å². The Morgan fingerprint density at radius 3 is 2.19 bits per heavy atom. The normalized spacial score (nSPS) is 14.8. The Bertz CT molecular complexity index is 1110. The number of carbonyl (C=O) groups is 4. The van der Waals surface area contributed by atoms with Crippen LogP contribution in [0.1, 0.15) is 57.2 Å². The Hall–Kier alpha value is -3.88. The number of amides is 4. The number of aryl methyl sites for hydroxylation is 1. The molecule has 0 bridgehead atoms. The number of hydrogen-bond acceptors (Lipinski definition) is 5. The first-order chi connectivity index (χ1) is 17.0. The zero-order valence-corrected chi connectivity index (χ0v) is 21.1. The highest BCUT2D eigenvalue weighted by atomic mass is 16.6. The van der Waals surface area contributed by atoms with Crippen LogP contribution in [0.3, 0.4) is 0 Å². The van der Waals surface area contributed by atoms with Crippen LogP contribution in [-0.4, -0.2) is 46.4 Å². The molecule has 3 rings (SSSR count). The lowest BCUT2D eigenvalue weighted by Gasteiger charge is -2.34. The number of hydrogen-bond donors (Lipinski definition) is 3. The van der Waals surface area contributed by atoms with Crippen LogP contribution in [0.5, 0.6) is 0 Å². The van der Waals surface area contributed by atoms with Crippen molar-refractivity contribution in [2.75, 3.05) is 5.32 Å². The van der Waals surface area contributed by atoms with E-state index in [1.165, 1.54) is 4.90 Å². The lowest BCUT2D eigenvalue weighted by molar-refractivity contribution is -0.142. The van der Waals surface area contributed by atoms with Crippen molar-refractivity contribution < 1.29 is 23.9 Å². The van der Waals surface area contributed by atoms with Crippen LogP contribution in [-0.2, 0) is 19.1 Å². The molecule has 0 saturated heterocycles. The van der Waals surface area contributed by atoms with Gasteiger partial charge in [-0.1, -0.05) is 48.5 Å². The van der Waals surface area contributed by atoms with Crippen LogP contribution < -0.4 is 16.4 Å². The first kappa shape index (κ1) is 26.7. The van der Waals surface area contributed by atoms with Crippen molar-refractivity contribution in [3.05, 3.63) is 65.7 Å². The monoisotopic (exact) mass is 494 g/mol. The highest BCUT2D eigenvalue weighted by molar-refractivity contribution is 6.00. The second-order valence-electron chi connectivity index (χ2n) is 9.96. The predicted molar refractivity (Wildman–Crippen MR) is 136 cm³/mol. The van der Waals surface area contributed by atoms with Crippen molar-refractivity contribution in [2.24, 2.45) is 5.73 Å². The van der Waals surface area contributed by atoms with Crippen LogP contribution in [0.15, 0.2) is 54.6 Å². The first-order valence-electron chi connectivity index (χ1n) is 12.0. The molecule has 2 aromatic rings. The Morgan fingerprint density at radius 2 is 1.64 bits per heavy atom. The van der Waals surface area contributed by atoms with Gasteiger partial charge in [0.15, 0.2) is 0 Å². The van der Waals surface area contributed by atoms with Gasteiger partial charge in [-0.2, -0.15) is 0 Å². The van der Waals surface area contributed by atoms with E-state index in [0.717, 1.165) is 5.56 Å². The van der Waals surface area contributed by atoms with E-state index in [0.29, 0.717) is 24.1 Å². The third kappa shape index (κ3) is 7.31. The summed E-state index contributed by atoms with van der Waals surface area (Å²) >= 11 is 0. The number of primary amides is 1. The molecule has 4 N–H and O–H groups in total. The van der Waals surface area contributed by atoms with E-state index in [2.05, 4.69) is 10.6 Å². The van der Waals surface area contributed by atoms with Gasteiger partial charge in [0.1, 0.15) is 17.7 Å². The van der Waals surface area contributed by atoms with E-state index >= 15 is 0 Å². The van der Waals surface area contributed by atoms with Gasteiger partial charge in [0.05, 0.1) is 6.42 Å². The summed E-state index contributed by atoms with van der Waals surface area (Å²) in [7, 11) is 0. The molecule has 2 aromatic carbocycles. The van der Waals surface area contributed by atoms with Gasteiger partial charge in [-0.3, -0.25) is 14.4 Å². The first-order valence-corrected chi connectivity index (χ1v) is 12.0. The summed E-state index contributed by atoms with van der Waals surface area (Å²) in [6.07, 6.45) is 0.117. The average molecular weight is 495 g/mol. The molecular weight excluding hydrogens is 460 g/mol. The second-order valence-corrected chi connectivity index (χ2v) is 9.96. The van der Waals surface area contributed by atoms with Gasteiger partial charge < -0.3 is 26.0 Å². The topological polar surface area (TPSA) is 131 Å². The lowest BCUT2D eigenvalue weighted by Crippen LogP contribution is -2.54. The lowest BCUT2D eigenvalue weighted by atomic mass is 10.0. The summed E-state index contributed by atoms with van der Waals surface area (Å²) < 4.78 is 5.29. The van der Waals surface area contributed by atoms with Crippen molar-refractivity contribution in [1.82, 2.24) is 10.2 Å². The Labute approximate surface area is 211 Å². The number of carbonyl (C=O) groups excluding carboxylic acids is 4. The van der Waals surface area contributed by atoms with Crippen LogP contribution in [0, 0.1) is 6.92 Å². The summed E-state index contributed by atoms with van der Waals surface area (Å²) in [6.45, 7) is 6.95. The standard InChI is InChI=1S/C27H34N4O5/c1-17-10-8-9-13-20(17)29-24(33)23(18-11-6-5-7-12-18)31(19-14-15-19)25(34)21(16-22(28)32)30-26(35)36-27(2,3)4/h5-13,19,21,23H,14-16H2,1-4H3,(H2,28,32)(H,29,33)(H,30,35). The molecule has 192 valence electrons. The minimum atomic E-state index is -1.28. The van der Waals surface area contributed by atoms with Crippen LogP contribution >= 0.6 is 0 Å². The highest BCUT2D eigenvalue weighted by Gasteiger charge is 2.44. The number of benzene rings is 2. The third-order valence-electron chi connectivity index (χ3n) is 5.63. The largest absolute Gasteiger partial charge is 0.444 e. The third-order valence-corrected chi connectivity index (χ3v) is 5.63. The SMILES string of the molecule is Cc1ccccc1NC(=O)C(c1ccccc1)N(C(=O)C(CC(N)=O)NC(=O)OC(C)(C)C)C1CC1. The van der Waals surface area contributed by atoms with Gasteiger partial charge in [0, 0.05) is 11.7 Å². The second kappa shape index (κ2) is 11.2. The number of nitrogens with zero attached hydrogens (tertiary/aromatic N) is 1. The fourth-order valence-electron chi connectivity index (χ4n) is 3.89. The Kier molecular flexibility index (Phi) is 8.34. The number of anilines is 1. The van der Waals surface area contributed by atoms with Crippen molar-refractivity contribution in [3.63, 3.8) is 0 Å². The molecule has 1 fully saturated rings. The van der Waals surface area contributed by atoms with Gasteiger partial charge in [0.25, 0.3) is 5.91 Å². The van der Waals surface area contributed by atoms with Crippen LogP contribution in [0.2, 0.25) is 0 Å². The molecule has 0 radical (unpaired) electrons. The van der Waals surface area contributed by atoms with Gasteiger partial charge in [0.2, 0.25) is 11.8 Å². The van der Waals surface area contributed by atoms with E-state index in [9.17, 15) is 19.2 Å². The van der Waals surface area contributed by atoms with E-state index in [4.69, 9.17) is 10.5 Å². The molecule has 1 aliphatic carbocycles. The molecule has 2 atom stereocenters. The predicted octanol–water partition coefficient (Wildman–Crippen LogP) is 3.43. The van der Waals surface area contributed by atoms with Gasteiger partial charge in [-0.15, -0.1) is 0 Å². The van der Waals surface area contributed by atoms with Crippen LogP contribution in [0.25, 0.3) is 0 Å². The quantitative estimate of drug-likeness (QED) is 0.492. The van der Waals surface area contributed by atoms with Crippen molar-refractivity contribution in [2.45, 2.75) is 70.7 Å². The molecule has 36 heavy (non-hydrogen) atoms. The molecule has 1 aliphatic rings. The summed E-state index contributed by atoms with van der Waals surface area (Å²) in [5.74, 6) is -1.73. The van der Waals surface area contributed by atoms with Gasteiger partial charge in [-0.05, 0) is 57.7 Å². The molecule has 2 unspecified atom stereocenters. The molecule has 0 aromatic heterocycles. The average Bonchev–Trinajstić information content (AvgIpc) is 3.62. The maximum atomic E-state index is 13.9. The number of para-hydroxylation sites is 1. The summed E-state index contributed by atoms with van der Waals surface area (Å²) in [5, 5.41) is 5.43. The number of nitrogens with two attached hydrogens (primary N) is 1. The zero-order valence-electron chi connectivity index (χ0n) is 21.1. The molecule has 0 spiro atoms. The maximum absolute atomic E-state index is 13.9. The maximum Gasteiger partial charge on any atom is 0.408 e. The number of alkyl carbamates (subject to hydrolysis) is 1. The molecule has 4 amide bonds. The number of ether oxygens (including phenoxy) is 1. The molecule has 9 heteroatoms.